The van der Waals surface area contributed by atoms with Gasteiger partial charge in [0, 0.05) is 0 Å². The third kappa shape index (κ3) is 8.10. The highest BCUT2D eigenvalue weighted by atomic mass is 31.2. The van der Waals surface area contributed by atoms with Gasteiger partial charge in [-0.25, -0.2) is 5.09 Å². The van der Waals surface area contributed by atoms with Crippen LogP contribution < -0.4 is 9.61 Å². The Balaban J connectivity index is 2.07. The van der Waals surface area contributed by atoms with E-state index in [0.717, 1.165) is 5.56 Å². The van der Waals surface area contributed by atoms with Crippen LogP contribution in [0.25, 0.3) is 0 Å². The molecule has 1 N–H and O–H groups in total. The van der Waals surface area contributed by atoms with Gasteiger partial charge in [-0.2, -0.15) is 0 Å². The van der Waals surface area contributed by atoms with E-state index >= 15 is 0 Å². The Kier molecular flexibility index (Phi) is 8.43. The van der Waals surface area contributed by atoms with Crippen molar-refractivity contribution < 1.29 is 28.2 Å². The van der Waals surface area contributed by atoms with Gasteiger partial charge in [0.05, 0.1) is 6.10 Å². The normalized spacial score (nSPS) is 13.9. The lowest BCUT2D eigenvalue weighted by Crippen LogP contribution is -2.37. The van der Waals surface area contributed by atoms with Crippen LogP contribution >= 0.6 is 7.52 Å². The van der Waals surface area contributed by atoms with Crippen molar-refractivity contribution in [2.45, 2.75) is 39.5 Å². The highest BCUT2D eigenvalue weighted by Gasteiger charge is 2.34. The molecule has 0 saturated heterocycles. The Hall–Kier alpha value is -2.63. The van der Waals surface area contributed by atoms with E-state index in [-0.39, 0.29) is 12.7 Å². The zero-order chi connectivity index (χ0) is 21.3. The lowest BCUT2D eigenvalue weighted by molar-refractivity contribution is -0.149. The first-order valence-corrected chi connectivity index (χ1v) is 11.1. The Morgan fingerprint density at radius 2 is 1.55 bits per heavy atom. The SMILES string of the molecule is CC(C)OC(=O)[C@H](C)NP(=O)(CC(=O)OCc1ccccc1)Oc1ccccc1. The molecule has 0 aliphatic rings. The topological polar surface area (TPSA) is 90.9 Å². The zero-order valence-corrected chi connectivity index (χ0v) is 17.6. The number of carbonyl (C=O) groups is 2. The highest BCUT2D eigenvalue weighted by molar-refractivity contribution is 7.58. The fraction of sp³-hybridized carbons (Fsp3) is 0.333. The number of ether oxygens (including phenoxy) is 2. The molecule has 0 fully saturated rings. The largest absolute Gasteiger partial charge is 0.462 e. The van der Waals surface area contributed by atoms with E-state index in [1.165, 1.54) is 6.92 Å². The van der Waals surface area contributed by atoms with Gasteiger partial charge < -0.3 is 14.0 Å². The van der Waals surface area contributed by atoms with Crippen molar-refractivity contribution in [1.29, 1.82) is 0 Å². The third-order valence-corrected chi connectivity index (χ3v) is 5.63. The number of carbonyl (C=O) groups excluding carboxylic acids is 2. The summed E-state index contributed by atoms with van der Waals surface area (Å²) in [5, 5.41) is 2.63. The summed E-state index contributed by atoms with van der Waals surface area (Å²) in [6.45, 7) is 4.98. The maximum Gasteiger partial charge on any atom is 0.328 e. The molecular formula is C21H26NO6P. The molecule has 2 aromatic carbocycles. The molecule has 0 heterocycles. The number of para-hydroxylation sites is 1. The van der Waals surface area contributed by atoms with Gasteiger partial charge >= 0.3 is 19.5 Å². The fourth-order valence-electron chi connectivity index (χ4n) is 2.39. The Morgan fingerprint density at radius 1 is 0.966 bits per heavy atom. The average molecular weight is 419 g/mol. The van der Waals surface area contributed by atoms with Gasteiger partial charge in [-0.05, 0) is 38.5 Å². The number of benzene rings is 2. The third-order valence-electron chi connectivity index (χ3n) is 3.67. The first-order valence-electron chi connectivity index (χ1n) is 9.29. The molecule has 7 nitrogen and oxygen atoms in total. The van der Waals surface area contributed by atoms with E-state index in [0.29, 0.717) is 5.75 Å². The fourth-order valence-corrected chi connectivity index (χ4v) is 4.19. The van der Waals surface area contributed by atoms with Crippen LogP contribution in [0.3, 0.4) is 0 Å². The van der Waals surface area contributed by atoms with Crippen molar-refractivity contribution in [3.63, 3.8) is 0 Å². The molecule has 0 amide bonds. The average Bonchev–Trinajstić information content (AvgIpc) is 2.67. The summed E-state index contributed by atoms with van der Waals surface area (Å²) >= 11 is 0. The Labute approximate surface area is 170 Å². The molecule has 2 aromatic rings. The van der Waals surface area contributed by atoms with Crippen molar-refractivity contribution in [3.05, 3.63) is 66.2 Å². The number of esters is 2. The molecule has 1 unspecified atom stereocenters. The first-order chi connectivity index (χ1) is 13.8. The second kappa shape index (κ2) is 10.8. The van der Waals surface area contributed by atoms with Crippen LogP contribution in [-0.4, -0.2) is 30.2 Å². The minimum atomic E-state index is -3.80. The molecule has 0 aliphatic carbocycles. The standard InChI is InChI=1S/C21H26NO6P/c1-16(2)27-21(24)17(3)22-29(25,28-19-12-8-5-9-13-19)15-20(23)26-14-18-10-6-4-7-11-18/h4-13,16-17H,14-15H2,1-3H3,(H,22,25)/t17-,29?/m0/s1. The van der Waals surface area contributed by atoms with E-state index in [2.05, 4.69) is 5.09 Å². The summed E-state index contributed by atoms with van der Waals surface area (Å²) in [7, 11) is -3.80. The smallest absolute Gasteiger partial charge is 0.328 e. The van der Waals surface area contributed by atoms with E-state index in [4.69, 9.17) is 14.0 Å². The molecular weight excluding hydrogens is 393 g/mol. The van der Waals surface area contributed by atoms with Gasteiger partial charge in [-0.1, -0.05) is 48.5 Å². The number of rotatable bonds is 10. The van der Waals surface area contributed by atoms with Gasteiger partial charge in [-0.3, -0.25) is 14.2 Å². The summed E-state index contributed by atoms with van der Waals surface area (Å²) in [6, 6.07) is 16.6. The molecule has 29 heavy (non-hydrogen) atoms. The summed E-state index contributed by atoms with van der Waals surface area (Å²) in [5.41, 5.74) is 0.807. The second-order valence-corrected chi connectivity index (χ2v) is 8.82. The van der Waals surface area contributed by atoms with Crippen molar-refractivity contribution in [2.75, 3.05) is 6.16 Å². The van der Waals surface area contributed by atoms with Crippen LogP contribution in [0.4, 0.5) is 0 Å². The summed E-state index contributed by atoms with van der Waals surface area (Å²) in [6.07, 6.45) is -0.856. The predicted octanol–water partition coefficient (Wildman–Crippen LogP) is 3.93. The molecule has 0 bridgehead atoms. The molecule has 0 aliphatic heterocycles. The molecule has 0 radical (unpaired) electrons. The first kappa shape index (κ1) is 22.7. The second-order valence-electron chi connectivity index (χ2n) is 6.72. The van der Waals surface area contributed by atoms with Gasteiger partial charge in [0.15, 0.2) is 0 Å². The molecule has 156 valence electrons. The molecule has 0 saturated carbocycles. The van der Waals surface area contributed by atoms with Gasteiger partial charge in [0.2, 0.25) is 0 Å². The van der Waals surface area contributed by atoms with Crippen LogP contribution in [0.2, 0.25) is 0 Å². The van der Waals surface area contributed by atoms with Gasteiger partial charge in [-0.15, -0.1) is 0 Å². The number of hydrogen-bond acceptors (Lipinski definition) is 6. The number of hydrogen-bond donors (Lipinski definition) is 1. The van der Waals surface area contributed by atoms with E-state index in [1.54, 1.807) is 44.2 Å². The van der Waals surface area contributed by atoms with E-state index < -0.39 is 31.7 Å². The zero-order valence-electron chi connectivity index (χ0n) is 16.7. The van der Waals surface area contributed by atoms with Crippen molar-refractivity contribution in [3.8, 4) is 5.75 Å². The predicted molar refractivity (Wildman–Crippen MR) is 110 cm³/mol. The van der Waals surface area contributed by atoms with E-state index in [9.17, 15) is 14.2 Å². The Morgan fingerprint density at radius 3 is 2.14 bits per heavy atom. The van der Waals surface area contributed by atoms with Crippen molar-refractivity contribution >= 4 is 19.5 Å². The molecule has 2 rings (SSSR count). The van der Waals surface area contributed by atoms with Crippen LogP contribution in [0.5, 0.6) is 5.75 Å². The molecule has 0 spiro atoms. The van der Waals surface area contributed by atoms with E-state index in [1.807, 2.05) is 30.3 Å². The van der Waals surface area contributed by atoms with Gasteiger partial charge in [0.1, 0.15) is 24.6 Å². The van der Waals surface area contributed by atoms with Crippen molar-refractivity contribution in [1.82, 2.24) is 5.09 Å². The van der Waals surface area contributed by atoms with Crippen LogP contribution in [-0.2, 0) is 30.2 Å². The monoisotopic (exact) mass is 419 g/mol. The summed E-state index contributed by atoms with van der Waals surface area (Å²) in [5.74, 6) is -0.983. The summed E-state index contributed by atoms with van der Waals surface area (Å²) in [4.78, 5) is 24.4. The number of nitrogens with one attached hydrogen (secondary N) is 1. The Bertz CT molecular complexity index is 841. The van der Waals surface area contributed by atoms with Gasteiger partial charge in [0.25, 0.3) is 0 Å². The van der Waals surface area contributed by atoms with Crippen molar-refractivity contribution in [2.24, 2.45) is 0 Å². The van der Waals surface area contributed by atoms with Crippen LogP contribution in [0.15, 0.2) is 60.7 Å². The van der Waals surface area contributed by atoms with Crippen LogP contribution in [0, 0.1) is 0 Å². The minimum absolute atomic E-state index is 0.0515. The maximum atomic E-state index is 13.4. The highest BCUT2D eigenvalue weighted by Crippen LogP contribution is 2.43. The summed E-state index contributed by atoms with van der Waals surface area (Å²) < 4.78 is 29.3. The van der Waals surface area contributed by atoms with Crippen LogP contribution in [0.1, 0.15) is 26.3 Å². The molecule has 8 heteroatoms. The lowest BCUT2D eigenvalue weighted by Gasteiger charge is -2.23. The minimum Gasteiger partial charge on any atom is -0.462 e. The molecule has 2 atom stereocenters. The molecule has 0 aromatic heterocycles. The lowest BCUT2D eigenvalue weighted by atomic mass is 10.2. The maximum absolute atomic E-state index is 13.4. The quantitative estimate of drug-likeness (QED) is 0.461.